The van der Waals surface area contributed by atoms with E-state index in [1.807, 2.05) is 30.3 Å². The molecule has 0 heterocycles. The number of carbonyl (C=O) groups excluding carboxylic acids is 1. The van der Waals surface area contributed by atoms with Gasteiger partial charge in [0, 0.05) is 6.08 Å². The van der Waals surface area contributed by atoms with Gasteiger partial charge in [-0.2, -0.15) is 5.10 Å². The number of amides is 1. The number of nitrogens with zero attached hydrogens (tertiary/aromatic N) is 2. The fourth-order valence-corrected chi connectivity index (χ4v) is 2.02. The summed E-state index contributed by atoms with van der Waals surface area (Å²) in [6, 6.07) is 14.7. The Morgan fingerprint density at radius 3 is 2.46 bits per heavy atom. The first-order valence-electron chi connectivity index (χ1n) is 7.75. The summed E-state index contributed by atoms with van der Waals surface area (Å²) >= 11 is 0. The molecule has 2 aromatic rings. The number of benzene rings is 2. The second-order valence-electron chi connectivity index (χ2n) is 5.08. The number of carbonyl (C=O) groups is 1. The average molecular weight is 352 g/mol. The monoisotopic (exact) mass is 352 g/mol. The third kappa shape index (κ3) is 5.79. The summed E-state index contributed by atoms with van der Waals surface area (Å²) in [5.41, 5.74) is 7.29. The van der Waals surface area contributed by atoms with Gasteiger partial charge in [0.1, 0.15) is 0 Å². The number of guanidine groups is 1. The van der Waals surface area contributed by atoms with Gasteiger partial charge in [0.05, 0.1) is 20.4 Å². The van der Waals surface area contributed by atoms with Crippen LogP contribution in [0.3, 0.4) is 0 Å². The minimum absolute atomic E-state index is 0.107. The molecular weight excluding hydrogens is 332 g/mol. The number of nitrogens with one attached hydrogen (secondary N) is 1. The van der Waals surface area contributed by atoms with Crippen LogP contribution in [0.5, 0.6) is 11.5 Å². The van der Waals surface area contributed by atoms with Gasteiger partial charge in [0.15, 0.2) is 11.5 Å². The van der Waals surface area contributed by atoms with Crippen LogP contribution >= 0.6 is 0 Å². The molecule has 0 radical (unpaired) electrons. The highest BCUT2D eigenvalue weighted by Crippen LogP contribution is 2.26. The van der Waals surface area contributed by atoms with Gasteiger partial charge < -0.3 is 15.2 Å². The molecule has 0 bridgehead atoms. The number of nitrogens with two attached hydrogens (primary N) is 1. The molecule has 0 unspecified atom stereocenters. The topological polar surface area (TPSA) is 98.3 Å². The number of hydrogen-bond donors (Lipinski definition) is 2. The van der Waals surface area contributed by atoms with E-state index in [0.717, 1.165) is 11.1 Å². The Morgan fingerprint density at radius 1 is 1.04 bits per heavy atom. The zero-order valence-corrected chi connectivity index (χ0v) is 14.5. The molecule has 0 saturated heterocycles. The lowest BCUT2D eigenvalue weighted by molar-refractivity contribution is -0.115. The summed E-state index contributed by atoms with van der Waals surface area (Å²) in [7, 11) is 3.11. The SMILES string of the molecule is COc1ccc(/C=N\N=C(/N)NC(=O)/C=C/c2ccccc2)cc1OC. The van der Waals surface area contributed by atoms with Crippen molar-refractivity contribution in [1.29, 1.82) is 0 Å². The Labute approximate surface area is 151 Å². The van der Waals surface area contributed by atoms with Crippen molar-refractivity contribution in [3.63, 3.8) is 0 Å². The summed E-state index contributed by atoms with van der Waals surface area (Å²) in [5, 5.41) is 10.0. The van der Waals surface area contributed by atoms with Crippen molar-refractivity contribution in [1.82, 2.24) is 5.32 Å². The van der Waals surface area contributed by atoms with Crippen molar-refractivity contribution in [3.05, 3.63) is 65.7 Å². The van der Waals surface area contributed by atoms with Gasteiger partial charge in [0.25, 0.3) is 5.91 Å². The zero-order chi connectivity index (χ0) is 18.8. The van der Waals surface area contributed by atoms with Crippen LogP contribution < -0.4 is 20.5 Å². The number of methoxy groups -OCH3 is 2. The normalized spacial score (nSPS) is 11.7. The molecule has 7 nitrogen and oxygen atoms in total. The Kier molecular flexibility index (Phi) is 6.93. The molecule has 0 saturated carbocycles. The van der Waals surface area contributed by atoms with Crippen LogP contribution in [0, 0.1) is 0 Å². The quantitative estimate of drug-likeness (QED) is 0.360. The van der Waals surface area contributed by atoms with Gasteiger partial charge >= 0.3 is 0 Å². The second kappa shape index (κ2) is 9.63. The highest BCUT2D eigenvalue weighted by atomic mass is 16.5. The zero-order valence-electron chi connectivity index (χ0n) is 14.5. The third-order valence-corrected chi connectivity index (χ3v) is 3.26. The molecular formula is C19H20N4O3. The van der Waals surface area contributed by atoms with E-state index in [0.29, 0.717) is 11.5 Å². The smallest absolute Gasteiger partial charge is 0.250 e. The highest BCUT2D eigenvalue weighted by molar-refractivity contribution is 6.03. The first-order valence-corrected chi connectivity index (χ1v) is 7.75. The molecule has 2 aromatic carbocycles. The lowest BCUT2D eigenvalue weighted by Gasteiger charge is -2.07. The third-order valence-electron chi connectivity index (χ3n) is 3.26. The molecule has 2 rings (SSSR count). The molecule has 0 aliphatic heterocycles. The fourth-order valence-electron chi connectivity index (χ4n) is 2.02. The predicted octanol–water partition coefficient (Wildman–Crippen LogP) is 2.18. The van der Waals surface area contributed by atoms with Crippen LogP contribution in [-0.2, 0) is 4.79 Å². The number of ether oxygens (including phenoxy) is 2. The van der Waals surface area contributed by atoms with Crippen LogP contribution in [0.1, 0.15) is 11.1 Å². The van der Waals surface area contributed by atoms with E-state index in [4.69, 9.17) is 15.2 Å². The molecule has 1 amide bonds. The molecule has 0 aliphatic rings. The van der Waals surface area contributed by atoms with Crippen LogP contribution in [0.2, 0.25) is 0 Å². The molecule has 7 heteroatoms. The van der Waals surface area contributed by atoms with Crippen molar-refractivity contribution < 1.29 is 14.3 Å². The summed E-state index contributed by atoms with van der Waals surface area (Å²) in [6.45, 7) is 0. The predicted molar refractivity (Wildman–Crippen MR) is 102 cm³/mol. The summed E-state index contributed by atoms with van der Waals surface area (Å²) in [4.78, 5) is 11.8. The van der Waals surface area contributed by atoms with Crippen LogP contribution in [0.4, 0.5) is 0 Å². The van der Waals surface area contributed by atoms with E-state index < -0.39 is 5.91 Å². The maximum atomic E-state index is 11.8. The molecule has 0 atom stereocenters. The van der Waals surface area contributed by atoms with Gasteiger partial charge in [-0.05, 0) is 35.4 Å². The molecule has 0 spiro atoms. The lowest BCUT2D eigenvalue weighted by atomic mass is 10.2. The minimum atomic E-state index is -0.392. The lowest BCUT2D eigenvalue weighted by Crippen LogP contribution is -2.35. The van der Waals surface area contributed by atoms with Crippen molar-refractivity contribution in [2.45, 2.75) is 0 Å². The first kappa shape index (κ1) is 18.7. The van der Waals surface area contributed by atoms with E-state index in [-0.39, 0.29) is 5.96 Å². The Bertz CT molecular complexity index is 830. The van der Waals surface area contributed by atoms with Crippen molar-refractivity contribution in [3.8, 4) is 11.5 Å². The van der Waals surface area contributed by atoms with Gasteiger partial charge in [-0.3, -0.25) is 10.1 Å². The Morgan fingerprint density at radius 2 is 1.77 bits per heavy atom. The van der Waals surface area contributed by atoms with Gasteiger partial charge in [-0.15, -0.1) is 5.10 Å². The number of hydrogen-bond acceptors (Lipinski definition) is 5. The maximum absolute atomic E-state index is 11.8. The van der Waals surface area contributed by atoms with E-state index in [1.165, 1.54) is 12.3 Å². The summed E-state index contributed by atoms with van der Waals surface area (Å²) < 4.78 is 10.4. The van der Waals surface area contributed by atoms with Crippen LogP contribution in [0.15, 0.2) is 64.8 Å². The first-order chi connectivity index (χ1) is 12.6. The molecule has 0 aliphatic carbocycles. The minimum Gasteiger partial charge on any atom is -0.493 e. The second-order valence-corrected chi connectivity index (χ2v) is 5.08. The summed E-state index contributed by atoms with van der Waals surface area (Å²) in [5.74, 6) is 0.693. The van der Waals surface area contributed by atoms with Gasteiger partial charge in [-0.1, -0.05) is 30.3 Å². The number of rotatable bonds is 6. The molecule has 0 aromatic heterocycles. The van der Waals surface area contributed by atoms with Crippen molar-refractivity contribution in [2.75, 3.05) is 14.2 Å². The largest absolute Gasteiger partial charge is 0.493 e. The van der Waals surface area contributed by atoms with Crippen LogP contribution in [-0.4, -0.2) is 32.3 Å². The van der Waals surface area contributed by atoms with E-state index in [2.05, 4.69) is 15.5 Å². The standard InChI is InChI=1S/C19H20N4O3/c1-25-16-10-8-15(12-17(16)26-2)13-21-23-19(20)22-18(24)11-9-14-6-4-3-5-7-14/h3-13H,1-2H3,(H3,20,22,23,24)/b11-9+,21-13-. The molecule has 0 fully saturated rings. The van der Waals surface area contributed by atoms with Gasteiger partial charge in [0.2, 0.25) is 5.96 Å². The highest BCUT2D eigenvalue weighted by Gasteiger charge is 2.03. The van der Waals surface area contributed by atoms with E-state index >= 15 is 0 Å². The van der Waals surface area contributed by atoms with E-state index in [9.17, 15) is 4.79 Å². The fraction of sp³-hybridized carbons (Fsp3) is 0.105. The summed E-state index contributed by atoms with van der Waals surface area (Å²) in [6.07, 6.45) is 4.53. The van der Waals surface area contributed by atoms with Crippen LogP contribution in [0.25, 0.3) is 6.08 Å². The van der Waals surface area contributed by atoms with Gasteiger partial charge in [-0.25, -0.2) is 0 Å². The van der Waals surface area contributed by atoms with E-state index in [1.54, 1.807) is 38.5 Å². The average Bonchev–Trinajstić information content (AvgIpc) is 2.67. The molecule has 134 valence electrons. The van der Waals surface area contributed by atoms with Crippen molar-refractivity contribution >= 4 is 24.2 Å². The molecule has 26 heavy (non-hydrogen) atoms. The Hall–Kier alpha value is -3.61. The Balaban J connectivity index is 1.94. The molecule has 3 N–H and O–H groups in total. The maximum Gasteiger partial charge on any atom is 0.250 e. The van der Waals surface area contributed by atoms with Crippen molar-refractivity contribution in [2.24, 2.45) is 15.9 Å².